The van der Waals surface area contributed by atoms with Gasteiger partial charge >= 0.3 is 0 Å². The van der Waals surface area contributed by atoms with Gasteiger partial charge in [-0.3, -0.25) is 0 Å². The Kier molecular flexibility index (Phi) is 4.29. The van der Waals surface area contributed by atoms with Crippen molar-refractivity contribution in [3.63, 3.8) is 0 Å². The van der Waals surface area contributed by atoms with E-state index in [9.17, 15) is 8.78 Å². The molecule has 2 aromatic heterocycles. The highest BCUT2D eigenvalue weighted by atomic mass is 19.1. The lowest BCUT2D eigenvalue weighted by Gasteiger charge is -2.12. The first-order valence-corrected chi connectivity index (χ1v) is 11.1. The van der Waals surface area contributed by atoms with Crippen molar-refractivity contribution in [1.29, 1.82) is 0 Å². The maximum atomic E-state index is 14.7. The molecule has 1 saturated carbocycles. The van der Waals surface area contributed by atoms with Crippen LogP contribution in [0.1, 0.15) is 42.7 Å². The Morgan fingerprint density at radius 1 is 1.00 bits per heavy atom. The van der Waals surface area contributed by atoms with Gasteiger partial charge < -0.3 is 4.42 Å². The van der Waals surface area contributed by atoms with Gasteiger partial charge in [0.15, 0.2) is 5.52 Å². The van der Waals surface area contributed by atoms with E-state index in [-0.39, 0.29) is 5.58 Å². The normalized spacial score (nSPS) is 14.9. The van der Waals surface area contributed by atoms with Crippen LogP contribution in [0.15, 0.2) is 53.2 Å². The summed E-state index contributed by atoms with van der Waals surface area (Å²) in [6, 6.07) is 12.5. The number of rotatable bonds is 2. The van der Waals surface area contributed by atoms with E-state index >= 15 is 0 Å². The molecule has 160 valence electrons. The molecule has 0 bridgehead atoms. The summed E-state index contributed by atoms with van der Waals surface area (Å²) < 4.78 is 36.6. The fourth-order valence-corrected chi connectivity index (χ4v) is 5.36. The van der Waals surface area contributed by atoms with Crippen molar-refractivity contribution in [3.05, 3.63) is 71.6 Å². The minimum absolute atomic E-state index is 0.217. The average molecular weight is 429 g/mol. The number of hydrogen-bond acceptors (Lipinski definition) is 2. The second-order valence-electron chi connectivity index (χ2n) is 8.96. The van der Waals surface area contributed by atoms with E-state index in [1.54, 1.807) is 0 Å². The van der Waals surface area contributed by atoms with Crippen LogP contribution in [0, 0.1) is 18.6 Å². The van der Waals surface area contributed by atoms with Crippen LogP contribution in [0.4, 0.5) is 8.78 Å². The maximum absolute atomic E-state index is 14.7. The van der Waals surface area contributed by atoms with Gasteiger partial charge in [0.25, 0.3) is 6.33 Å². The topological polar surface area (TPSA) is 29.9 Å². The van der Waals surface area contributed by atoms with Gasteiger partial charge in [-0.1, -0.05) is 31.0 Å². The van der Waals surface area contributed by atoms with Crippen LogP contribution in [0.3, 0.4) is 0 Å². The van der Waals surface area contributed by atoms with Crippen LogP contribution < -0.4 is 4.57 Å². The molecule has 0 atom stereocenters. The Morgan fingerprint density at radius 2 is 1.78 bits per heavy atom. The molecule has 1 fully saturated rings. The summed E-state index contributed by atoms with van der Waals surface area (Å²) in [6.07, 6.45) is 6.86. The first kappa shape index (κ1) is 19.4. The fraction of sp³-hybridized carbons (Fsp3) is 0.259. The number of aryl methyl sites for hydroxylation is 2. The minimum atomic E-state index is -0.647. The first-order chi connectivity index (χ1) is 15.5. The summed E-state index contributed by atoms with van der Waals surface area (Å²) >= 11 is 0. The Balaban J connectivity index is 1.66. The SMILES string of the molecule is Cc1ccc2c(oc3cc(F)cc(F)c32)c1-c1c2ccc(C3CCCC3)cc2nc[n+]1C. The molecule has 0 radical (unpaired) electrons. The summed E-state index contributed by atoms with van der Waals surface area (Å²) in [5.41, 5.74) is 5.89. The number of nitrogens with zero attached hydrogens (tertiary/aromatic N) is 2. The maximum Gasteiger partial charge on any atom is 0.287 e. The molecular weight excluding hydrogens is 406 g/mol. The van der Waals surface area contributed by atoms with Gasteiger partial charge in [0.2, 0.25) is 0 Å². The Morgan fingerprint density at radius 3 is 2.59 bits per heavy atom. The smallest absolute Gasteiger partial charge is 0.287 e. The predicted octanol–water partition coefficient (Wildman–Crippen LogP) is 6.87. The van der Waals surface area contributed by atoms with Crippen LogP contribution >= 0.6 is 0 Å². The lowest BCUT2D eigenvalue weighted by molar-refractivity contribution is -0.662. The summed E-state index contributed by atoms with van der Waals surface area (Å²) in [6.45, 7) is 2.01. The number of aromatic nitrogens is 2. The third-order valence-corrected chi connectivity index (χ3v) is 6.93. The van der Waals surface area contributed by atoms with E-state index in [0.29, 0.717) is 22.3 Å². The molecule has 2 heterocycles. The Labute approximate surface area is 184 Å². The van der Waals surface area contributed by atoms with Crippen molar-refractivity contribution in [1.82, 2.24) is 4.98 Å². The summed E-state index contributed by atoms with van der Waals surface area (Å²) in [4.78, 5) is 4.70. The third kappa shape index (κ3) is 2.84. The van der Waals surface area contributed by atoms with Crippen molar-refractivity contribution < 1.29 is 17.8 Å². The lowest BCUT2D eigenvalue weighted by Crippen LogP contribution is -2.32. The third-order valence-electron chi connectivity index (χ3n) is 6.93. The zero-order valence-corrected chi connectivity index (χ0v) is 18.1. The van der Waals surface area contributed by atoms with Crippen molar-refractivity contribution in [3.8, 4) is 11.3 Å². The average Bonchev–Trinajstić information content (AvgIpc) is 3.42. The molecule has 0 N–H and O–H groups in total. The van der Waals surface area contributed by atoms with Gasteiger partial charge in [-0.25, -0.2) is 13.3 Å². The lowest BCUT2D eigenvalue weighted by atomic mass is 9.94. The van der Waals surface area contributed by atoms with Gasteiger partial charge in [0.05, 0.1) is 23.4 Å². The monoisotopic (exact) mass is 429 g/mol. The Hall–Kier alpha value is -3.34. The number of hydrogen-bond donors (Lipinski definition) is 0. The van der Waals surface area contributed by atoms with Crippen molar-refractivity contribution in [2.24, 2.45) is 7.05 Å². The van der Waals surface area contributed by atoms with E-state index < -0.39 is 11.6 Å². The molecule has 0 aliphatic heterocycles. The number of furan rings is 1. The summed E-state index contributed by atoms with van der Waals surface area (Å²) in [5.74, 6) is -0.651. The molecule has 5 heteroatoms. The molecule has 6 rings (SSSR count). The van der Waals surface area contributed by atoms with Gasteiger partial charge in [-0.15, -0.1) is 0 Å². The standard InChI is InChI=1S/C27H23F2N2O/c1-15-7-9-20-25-21(29)12-18(28)13-23(25)32-27(20)24(15)26-19-10-8-17(16-5-3-4-6-16)11-22(19)30-14-31(26)2/h7-14,16H,3-6H2,1-2H3/q+1. The quantitative estimate of drug-likeness (QED) is 0.287. The van der Waals surface area contributed by atoms with Crippen molar-refractivity contribution in [2.75, 3.05) is 0 Å². The van der Waals surface area contributed by atoms with Gasteiger partial charge in [0.1, 0.15) is 28.5 Å². The van der Waals surface area contributed by atoms with Gasteiger partial charge in [0, 0.05) is 17.5 Å². The van der Waals surface area contributed by atoms with Crippen molar-refractivity contribution >= 4 is 32.8 Å². The van der Waals surface area contributed by atoms with Crippen LogP contribution in [-0.4, -0.2) is 4.98 Å². The zero-order valence-electron chi connectivity index (χ0n) is 18.1. The van der Waals surface area contributed by atoms with Gasteiger partial charge in [-0.05, 0) is 53.9 Å². The van der Waals surface area contributed by atoms with E-state index in [1.807, 2.05) is 37.0 Å². The molecule has 0 saturated heterocycles. The second kappa shape index (κ2) is 7.09. The van der Waals surface area contributed by atoms with E-state index in [4.69, 9.17) is 9.40 Å². The molecule has 5 aromatic rings. The van der Waals surface area contributed by atoms with E-state index in [2.05, 4.69) is 18.2 Å². The highest BCUT2D eigenvalue weighted by Crippen LogP contribution is 2.41. The number of fused-ring (bicyclic) bond motifs is 4. The first-order valence-electron chi connectivity index (χ1n) is 11.1. The molecule has 3 aromatic carbocycles. The van der Waals surface area contributed by atoms with Crippen LogP contribution in [-0.2, 0) is 7.05 Å². The largest absolute Gasteiger partial charge is 0.455 e. The van der Waals surface area contributed by atoms with Crippen LogP contribution in [0.25, 0.3) is 44.1 Å². The van der Waals surface area contributed by atoms with Crippen LogP contribution in [0.2, 0.25) is 0 Å². The highest BCUT2D eigenvalue weighted by molar-refractivity contribution is 6.11. The van der Waals surface area contributed by atoms with Crippen molar-refractivity contribution in [2.45, 2.75) is 38.5 Å². The molecule has 0 spiro atoms. The van der Waals surface area contributed by atoms with E-state index in [0.717, 1.165) is 33.8 Å². The highest BCUT2D eigenvalue weighted by Gasteiger charge is 2.25. The van der Waals surface area contributed by atoms with E-state index in [1.165, 1.54) is 37.3 Å². The number of halogens is 2. The Bertz CT molecular complexity index is 1530. The second-order valence-corrected chi connectivity index (χ2v) is 8.96. The van der Waals surface area contributed by atoms with Crippen LogP contribution in [0.5, 0.6) is 0 Å². The fourth-order valence-electron chi connectivity index (χ4n) is 5.36. The molecule has 1 aliphatic rings. The van der Waals surface area contributed by atoms with Gasteiger partial charge in [-0.2, -0.15) is 0 Å². The summed E-state index contributed by atoms with van der Waals surface area (Å²) in [5, 5.41) is 1.97. The molecule has 1 aliphatic carbocycles. The minimum Gasteiger partial charge on any atom is -0.455 e. The molecule has 32 heavy (non-hydrogen) atoms. The number of benzene rings is 3. The predicted molar refractivity (Wildman–Crippen MR) is 121 cm³/mol. The summed E-state index contributed by atoms with van der Waals surface area (Å²) in [7, 11) is 1.95. The molecule has 0 unspecified atom stereocenters. The zero-order chi connectivity index (χ0) is 22.0. The molecular formula is C27H23F2N2O+. The molecule has 0 amide bonds. The molecule has 3 nitrogen and oxygen atoms in total.